The predicted octanol–water partition coefficient (Wildman–Crippen LogP) is 1.77. The zero-order valence-electron chi connectivity index (χ0n) is 5.86. The van der Waals surface area contributed by atoms with Crippen LogP contribution in [0.25, 0.3) is 0 Å². The summed E-state index contributed by atoms with van der Waals surface area (Å²) in [5.41, 5.74) is 0. The van der Waals surface area contributed by atoms with Crippen LogP contribution in [0.4, 0.5) is 0 Å². The third-order valence-electron chi connectivity index (χ3n) is 1.49. The van der Waals surface area contributed by atoms with E-state index in [0.717, 1.165) is 11.5 Å². The summed E-state index contributed by atoms with van der Waals surface area (Å²) in [6, 6.07) is 7.47. The molecule has 0 unspecified atom stereocenters. The Morgan fingerprint density at radius 3 is 2.18 bits per heavy atom. The molecule has 1 heterocycles. The van der Waals surface area contributed by atoms with E-state index in [-0.39, 0.29) is 0 Å². The molecule has 0 atom stereocenters. The summed E-state index contributed by atoms with van der Waals surface area (Å²) >= 11 is 0. The van der Waals surface area contributed by atoms with Crippen LogP contribution in [0.5, 0.6) is 11.5 Å². The number of benzene rings is 1. The average molecular weight is 147 g/mol. The molecule has 0 aromatic heterocycles. The molecular formula is C9H7O2. The number of hydrogen-bond acceptors (Lipinski definition) is 2. The summed E-state index contributed by atoms with van der Waals surface area (Å²) in [5, 5.41) is 0. The number of para-hydroxylation sites is 2. The molecule has 0 saturated heterocycles. The van der Waals surface area contributed by atoms with E-state index in [4.69, 9.17) is 16.1 Å². The number of rotatable bonds is 1. The van der Waals surface area contributed by atoms with E-state index in [1.54, 1.807) is 0 Å². The van der Waals surface area contributed by atoms with Crippen molar-refractivity contribution in [3.05, 3.63) is 36.9 Å². The molecule has 1 aliphatic heterocycles. The Morgan fingerprint density at radius 1 is 1.18 bits per heavy atom. The fourth-order valence-electron chi connectivity index (χ4n) is 0.998. The molecule has 0 bridgehead atoms. The Bertz CT molecular complexity index is 256. The second-order valence-electron chi connectivity index (χ2n) is 2.24. The maximum Gasteiger partial charge on any atom is 0.261 e. The summed E-state index contributed by atoms with van der Waals surface area (Å²) < 4.78 is 10.5. The second-order valence-corrected chi connectivity index (χ2v) is 2.24. The van der Waals surface area contributed by atoms with Gasteiger partial charge in [0.25, 0.3) is 6.29 Å². The maximum absolute atomic E-state index is 5.25. The van der Waals surface area contributed by atoms with Crippen LogP contribution in [0.3, 0.4) is 0 Å². The van der Waals surface area contributed by atoms with Gasteiger partial charge in [-0.1, -0.05) is 18.7 Å². The van der Waals surface area contributed by atoms with Crippen molar-refractivity contribution in [3.8, 4) is 11.5 Å². The van der Waals surface area contributed by atoms with E-state index < -0.39 is 6.29 Å². The van der Waals surface area contributed by atoms with Gasteiger partial charge in [0.15, 0.2) is 11.5 Å². The molecule has 2 nitrogen and oxygen atoms in total. The molecule has 55 valence electrons. The molecule has 1 aromatic carbocycles. The summed E-state index contributed by atoms with van der Waals surface area (Å²) in [5.74, 6) is 1.50. The zero-order valence-corrected chi connectivity index (χ0v) is 5.86. The highest BCUT2D eigenvalue weighted by atomic mass is 16.7. The van der Waals surface area contributed by atoms with Crippen molar-refractivity contribution >= 4 is 0 Å². The normalized spacial score (nSPS) is 14.9. The lowest BCUT2D eigenvalue weighted by molar-refractivity contribution is 0.0952. The molecule has 0 fully saturated rings. The molecule has 0 saturated carbocycles. The molecule has 1 aromatic rings. The van der Waals surface area contributed by atoms with Crippen LogP contribution in [-0.2, 0) is 0 Å². The van der Waals surface area contributed by atoms with Crippen LogP contribution in [0.15, 0.2) is 30.3 Å². The Kier molecular flexibility index (Phi) is 1.32. The van der Waals surface area contributed by atoms with E-state index in [1.807, 2.05) is 24.3 Å². The SMILES string of the molecule is [CH]=CC1Oc2ccccc2O1. The van der Waals surface area contributed by atoms with Gasteiger partial charge < -0.3 is 9.47 Å². The molecule has 0 spiro atoms. The van der Waals surface area contributed by atoms with Crippen molar-refractivity contribution in [1.82, 2.24) is 0 Å². The highest BCUT2D eigenvalue weighted by molar-refractivity contribution is 5.42. The van der Waals surface area contributed by atoms with Crippen LogP contribution >= 0.6 is 0 Å². The quantitative estimate of drug-likeness (QED) is 0.602. The summed E-state index contributed by atoms with van der Waals surface area (Å²) in [6.45, 7) is 5.24. The number of fused-ring (bicyclic) bond motifs is 1. The Labute approximate surface area is 65.1 Å². The van der Waals surface area contributed by atoms with Crippen molar-refractivity contribution < 1.29 is 9.47 Å². The molecule has 1 aliphatic rings. The Morgan fingerprint density at radius 2 is 1.73 bits per heavy atom. The Hall–Kier alpha value is -1.44. The monoisotopic (exact) mass is 147 g/mol. The third kappa shape index (κ3) is 0.963. The van der Waals surface area contributed by atoms with Crippen molar-refractivity contribution in [1.29, 1.82) is 0 Å². The Balaban J connectivity index is 2.33. The lowest BCUT2D eigenvalue weighted by atomic mass is 10.3. The zero-order chi connectivity index (χ0) is 7.68. The molecular weight excluding hydrogens is 140 g/mol. The van der Waals surface area contributed by atoms with Gasteiger partial charge >= 0.3 is 0 Å². The molecule has 1 radical (unpaired) electrons. The van der Waals surface area contributed by atoms with Gasteiger partial charge in [-0.3, -0.25) is 0 Å². The average Bonchev–Trinajstić information content (AvgIpc) is 2.46. The highest BCUT2D eigenvalue weighted by Gasteiger charge is 2.19. The van der Waals surface area contributed by atoms with Crippen LogP contribution in [0, 0.1) is 6.58 Å². The van der Waals surface area contributed by atoms with E-state index in [0.29, 0.717) is 0 Å². The van der Waals surface area contributed by atoms with Gasteiger partial charge in [0.1, 0.15) is 0 Å². The molecule has 0 N–H and O–H groups in total. The molecule has 0 amide bonds. The highest BCUT2D eigenvalue weighted by Crippen LogP contribution is 2.33. The first-order valence-corrected chi connectivity index (χ1v) is 3.37. The fraction of sp³-hybridized carbons (Fsp3) is 0.111. The molecule has 11 heavy (non-hydrogen) atoms. The van der Waals surface area contributed by atoms with Gasteiger partial charge in [-0.15, -0.1) is 0 Å². The predicted molar refractivity (Wildman–Crippen MR) is 40.4 cm³/mol. The van der Waals surface area contributed by atoms with Crippen molar-refractivity contribution in [3.63, 3.8) is 0 Å². The van der Waals surface area contributed by atoms with E-state index in [2.05, 4.69) is 0 Å². The fourth-order valence-corrected chi connectivity index (χ4v) is 0.998. The number of hydrogen-bond donors (Lipinski definition) is 0. The summed E-state index contributed by atoms with van der Waals surface area (Å²) in [4.78, 5) is 0. The smallest absolute Gasteiger partial charge is 0.261 e. The standard InChI is InChI=1S/C9H7O2/c1-2-9-10-7-5-3-4-6-8(7)11-9/h1-6,9H. The third-order valence-corrected chi connectivity index (χ3v) is 1.49. The van der Waals surface area contributed by atoms with Gasteiger partial charge in [0.2, 0.25) is 0 Å². The van der Waals surface area contributed by atoms with Crippen LogP contribution in [0.2, 0.25) is 0 Å². The minimum Gasteiger partial charge on any atom is -0.447 e. The van der Waals surface area contributed by atoms with Crippen molar-refractivity contribution in [2.45, 2.75) is 6.29 Å². The maximum atomic E-state index is 5.25. The van der Waals surface area contributed by atoms with E-state index in [1.165, 1.54) is 6.08 Å². The number of ether oxygens (including phenoxy) is 2. The lowest BCUT2D eigenvalue weighted by Gasteiger charge is -2.01. The largest absolute Gasteiger partial charge is 0.447 e. The van der Waals surface area contributed by atoms with Gasteiger partial charge in [-0.25, -0.2) is 0 Å². The lowest BCUT2D eigenvalue weighted by Crippen LogP contribution is -2.13. The second kappa shape index (κ2) is 2.31. The molecule has 2 heteroatoms. The van der Waals surface area contributed by atoms with Crippen LogP contribution in [0.1, 0.15) is 0 Å². The van der Waals surface area contributed by atoms with Crippen molar-refractivity contribution in [2.75, 3.05) is 0 Å². The van der Waals surface area contributed by atoms with E-state index >= 15 is 0 Å². The van der Waals surface area contributed by atoms with Gasteiger partial charge in [0.05, 0.1) is 0 Å². The summed E-state index contributed by atoms with van der Waals surface area (Å²) in [6.07, 6.45) is 0.951. The first-order valence-electron chi connectivity index (χ1n) is 3.37. The van der Waals surface area contributed by atoms with Crippen molar-refractivity contribution in [2.24, 2.45) is 0 Å². The van der Waals surface area contributed by atoms with Crippen LogP contribution in [-0.4, -0.2) is 6.29 Å². The van der Waals surface area contributed by atoms with Crippen LogP contribution < -0.4 is 9.47 Å². The van der Waals surface area contributed by atoms with Gasteiger partial charge in [0, 0.05) is 0 Å². The van der Waals surface area contributed by atoms with E-state index in [9.17, 15) is 0 Å². The minimum atomic E-state index is -0.424. The molecule has 2 rings (SSSR count). The topological polar surface area (TPSA) is 18.5 Å². The van der Waals surface area contributed by atoms with Gasteiger partial charge in [-0.2, -0.15) is 0 Å². The minimum absolute atomic E-state index is 0.424. The first kappa shape index (κ1) is 6.28. The summed E-state index contributed by atoms with van der Waals surface area (Å²) in [7, 11) is 0. The molecule has 0 aliphatic carbocycles. The van der Waals surface area contributed by atoms with Gasteiger partial charge in [-0.05, 0) is 18.2 Å². The first-order chi connectivity index (χ1) is 5.40.